The molecule has 3 rings (SSSR count). The Morgan fingerprint density at radius 3 is 2.88 bits per heavy atom. The van der Waals surface area contributed by atoms with Crippen molar-refractivity contribution in [2.24, 2.45) is 0 Å². The molecule has 1 aliphatic heterocycles. The van der Waals surface area contributed by atoms with E-state index < -0.39 is 0 Å². The molecule has 2 aromatic rings. The fourth-order valence-electron chi connectivity index (χ4n) is 3.62. The van der Waals surface area contributed by atoms with Crippen LogP contribution in [0.1, 0.15) is 25.3 Å². The van der Waals surface area contributed by atoms with E-state index in [1.807, 2.05) is 30.3 Å². The summed E-state index contributed by atoms with van der Waals surface area (Å²) in [5, 5.41) is 5.31. The molecule has 1 amide bonds. The third-order valence-electron chi connectivity index (χ3n) is 5.10. The molecule has 1 unspecified atom stereocenters. The van der Waals surface area contributed by atoms with Gasteiger partial charge in [0.15, 0.2) is 0 Å². The average Bonchev–Trinajstić information content (AvgIpc) is 3.11. The standard InChI is InChI=1S/C21H26N2O2/c1-3-23-12-4-5-19(23)15-22-21(24)11-7-16-6-8-18-14-20(25-2)10-9-17(18)13-16/h6-11,13-14,19H,3-5,12,15H2,1-2H3,(H,22,24)/p+1/b11-7+/t19-/m1/s1. The molecule has 0 spiro atoms. The largest absolute Gasteiger partial charge is 0.497 e. The van der Waals surface area contributed by atoms with Gasteiger partial charge in [0.1, 0.15) is 11.8 Å². The van der Waals surface area contributed by atoms with Gasteiger partial charge in [-0.2, -0.15) is 0 Å². The van der Waals surface area contributed by atoms with Crippen LogP contribution in [0.15, 0.2) is 42.5 Å². The SMILES string of the molecule is CC[NH+]1CCC[C@@H]1CNC(=O)/C=C/c1ccc2cc(OC)ccc2c1. The molecular formula is C21H27N2O2+. The number of likely N-dealkylation sites (N-methyl/N-ethyl adjacent to an activating group) is 1. The Bertz CT molecular complexity index is 770. The Labute approximate surface area is 149 Å². The number of fused-ring (bicyclic) bond motifs is 1. The summed E-state index contributed by atoms with van der Waals surface area (Å²) in [5.41, 5.74) is 1.02. The highest BCUT2D eigenvalue weighted by Gasteiger charge is 2.26. The van der Waals surface area contributed by atoms with Crippen molar-refractivity contribution >= 4 is 22.8 Å². The molecule has 1 aliphatic rings. The second kappa shape index (κ2) is 8.17. The predicted molar refractivity (Wildman–Crippen MR) is 102 cm³/mol. The number of nitrogens with one attached hydrogen (secondary N) is 2. The number of carbonyl (C=O) groups is 1. The van der Waals surface area contributed by atoms with Crippen molar-refractivity contribution in [1.82, 2.24) is 5.32 Å². The lowest BCUT2D eigenvalue weighted by Crippen LogP contribution is -3.14. The zero-order valence-electron chi connectivity index (χ0n) is 15.0. The van der Waals surface area contributed by atoms with Crippen molar-refractivity contribution in [2.75, 3.05) is 26.7 Å². The van der Waals surface area contributed by atoms with Crippen molar-refractivity contribution in [3.8, 4) is 5.75 Å². The molecule has 1 fully saturated rings. The molecule has 1 heterocycles. The highest BCUT2D eigenvalue weighted by Crippen LogP contribution is 2.22. The lowest BCUT2D eigenvalue weighted by atomic mass is 10.1. The molecular weight excluding hydrogens is 312 g/mol. The number of benzene rings is 2. The lowest BCUT2D eigenvalue weighted by Gasteiger charge is -2.19. The van der Waals surface area contributed by atoms with Crippen molar-refractivity contribution in [2.45, 2.75) is 25.8 Å². The number of likely N-dealkylation sites (tertiary alicyclic amines) is 1. The van der Waals surface area contributed by atoms with Crippen molar-refractivity contribution in [3.05, 3.63) is 48.0 Å². The van der Waals surface area contributed by atoms with Gasteiger partial charge in [0.2, 0.25) is 5.91 Å². The third kappa shape index (κ3) is 4.40. The van der Waals surface area contributed by atoms with Crippen molar-refractivity contribution < 1.29 is 14.4 Å². The van der Waals surface area contributed by atoms with Crippen LogP contribution in [-0.4, -0.2) is 38.7 Å². The Kier molecular flexibility index (Phi) is 5.71. The molecule has 0 radical (unpaired) electrons. The predicted octanol–water partition coefficient (Wildman–Crippen LogP) is 2.04. The van der Waals surface area contributed by atoms with Gasteiger partial charge in [0.25, 0.3) is 0 Å². The van der Waals surface area contributed by atoms with E-state index in [0.717, 1.165) is 35.2 Å². The molecule has 2 N–H and O–H groups in total. The molecule has 0 aliphatic carbocycles. The topological polar surface area (TPSA) is 42.8 Å². The maximum Gasteiger partial charge on any atom is 0.244 e. The highest BCUT2D eigenvalue weighted by atomic mass is 16.5. The van der Waals surface area contributed by atoms with Gasteiger partial charge in [-0.3, -0.25) is 4.79 Å². The Morgan fingerprint density at radius 1 is 1.28 bits per heavy atom. The summed E-state index contributed by atoms with van der Waals surface area (Å²) in [6.07, 6.45) is 5.98. The van der Waals surface area contributed by atoms with E-state index in [1.54, 1.807) is 18.1 Å². The van der Waals surface area contributed by atoms with Crippen LogP contribution in [0.4, 0.5) is 0 Å². The van der Waals surface area contributed by atoms with E-state index in [-0.39, 0.29) is 5.91 Å². The first kappa shape index (κ1) is 17.5. The molecule has 0 saturated carbocycles. The number of methoxy groups -OCH3 is 1. The molecule has 0 bridgehead atoms. The van der Waals surface area contributed by atoms with Gasteiger partial charge < -0.3 is 15.0 Å². The van der Waals surface area contributed by atoms with Crippen LogP contribution in [0.3, 0.4) is 0 Å². The molecule has 4 nitrogen and oxygen atoms in total. The summed E-state index contributed by atoms with van der Waals surface area (Å²) >= 11 is 0. The number of hydrogen-bond acceptors (Lipinski definition) is 2. The van der Waals surface area contributed by atoms with Crippen molar-refractivity contribution in [1.29, 1.82) is 0 Å². The molecule has 2 atom stereocenters. The summed E-state index contributed by atoms with van der Waals surface area (Å²) in [4.78, 5) is 13.7. The number of quaternary nitrogens is 1. The maximum absolute atomic E-state index is 12.1. The molecule has 0 aromatic heterocycles. The fourth-order valence-corrected chi connectivity index (χ4v) is 3.62. The van der Waals surface area contributed by atoms with Gasteiger partial charge in [-0.05, 0) is 47.5 Å². The zero-order chi connectivity index (χ0) is 17.6. The van der Waals surface area contributed by atoms with Gasteiger partial charge in [-0.15, -0.1) is 0 Å². The first-order valence-electron chi connectivity index (χ1n) is 9.08. The van der Waals surface area contributed by atoms with Crippen LogP contribution in [0.25, 0.3) is 16.8 Å². The van der Waals surface area contributed by atoms with E-state index in [4.69, 9.17) is 4.74 Å². The smallest absolute Gasteiger partial charge is 0.244 e. The highest BCUT2D eigenvalue weighted by molar-refractivity contribution is 5.93. The van der Waals surface area contributed by atoms with Crippen LogP contribution in [0.2, 0.25) is 0 Å². The van der Waals surface area contributed by atoms with Gasteiger partial charge in [-0.25, -0.2) is 0 Å². The monoisotopic (exact) mass is 339 g/mol. The molecule has 1 saturated heterocycles. The van der Waals surface area contributed by atoms with Crippen LogP contribution >= 0.6 is 0 Å². The van der Waals surface area contributed by atoms with Gasteiger partial charge in [0, 0.05) is 18.9 Å². The minimum atomic E-state index is -0.0165. The summed E-state index contributed by atoms with van der Waals surface area (Å²) in [5.74, 6) is 0.836. The molecule has 25 heavy (non-hydrogen) atoms. The second-order valence-electron chi connectivity index (χ2n) is 6.65. The van der Waals surface area contributed by atoms with Crippen molar-refractivity contribution in [3.63, 3.8) is 0 Å². The molecule has 132 valence electrons. The van der Waals surface area contributed by atoms with E-state index in [9.17, 15) is 4.79 Å². The Morgan fingerprint density at radius 2 is 2.08 bits per heavy atom. The number of rotatable bonds is 6. The van der Waals surface area contributed by atoms with Gasteiger partial charge in [-0.1, -0.05) is 18.2 Å². The second-order valence-corrected chi connectivity index (χ2v) is 6.65. The van der Waals surface area contributed by atoms with E-state index in [1.165, 1.54) is 19.4 Å². The fraction of sp³-hybridized carbons (Fsp3) is 0.381. The number of amides is 1. The Balaban J connectivity index is 1.59. The maximum atomic E-state index is 12.1. The van der Waals surface area contributed by atoms with Gasteiger partial charge in [0.05, 0.1) is 26.7 Å². The third-order valence-corrected chi connectivity index (χ3v) is 5.10. The summed E-state index contributed by atoms with van der Waals surface area (Å²) in [6, 6.07) is 12.7. The zero-order valence-corrected chi connectivity index (χ0v) is 15.0. The van der Waals surface area contributed by atoms with Crippen LogP contribution < -0.4 is 15.0 Å². The van der Waals surface area contributed by atoms with E-state index in [0.29, 0.717) is 6.04 Å². The quantitative estimate of drug-likeness (QED) is 0.791. The minimum absolute atomic E-state index is 0.0165. The van der Waals surface area contributed by atoms with Crippen LogP contribution in [0, 0.1) is 0 Å². The van der Waals surface area contributed by atoms with Crippen LogP contribution in [0.5, 0.6) is 5.75 Å². The Hall–Kier alpha value is -2.33. The summed E-state index contributed by atoms with van der Waals surface area (Å²) in [6.45, 7) is 5.35. The van der Waals surface area contributed by atoms with E-state index >= 15 is 0 Å². The molecule has 4 heteroatoms. The summed E-state index contributed by atoms with van der Waals surface area (Å²) in [7, 11) is 1.67. The number of carbonyl (C=O) groups excluding carboxylic acids is 1. The normalized spacial score (nSPS) is 20.2. The lowest BCUT2D eigenvalue weighted by molar-refractivity contribution is -0.909. The minimum Gasteiger partial charge on any atom is -0.497 e. The summed E-state index contributed by atoms with van der Waals surface area (Å²) < 4.78 is 5.25. The number of hydrogen-bond donors (Lipinski definition) is 2. The number of ether oxygens (including phenoxy) is 1. The first-order chi connectivity index (χ1) is 12.2. The van der Waals surface area contributed by atoms with Crippen LogP contribution in [-0.2, 0) is 4.79 Å². The first-order valence-corrected chi connectivity index (χ1v) is 9.08. The average molecular weight is 339 g/mol. The van der Waals surface area contributed by atoms with Gasteiger partial charge >= 0.3 is 0 Å². The molecule has 2 aromatic carbocycles. The van der Waals surface area contributed by atoms with E-state index in [2.05, 4.69) is 24.4 Å².